The maximum atomic E-state index is 13.1. The van der Waals surface area contributed by atoms with Crippen molar-refractivity contribution in [2.24, 2.45) is 0 Å². The van der Waals surface area contributed by atoms with E-state index in [9.17, 15) is 30.3 Å². The minimum Gasteiger partial charge on any atom is -0.394 e. The normalized spacial score (nSPS) is 18.5. The number of carbonyl (C=O) groups is 1. The predicted octanol–water partition coefficient (Wildman–Crippen LogP) is 19.8. The average molecular weight is 1160 g/mol. The first-order valence-electron chi connectivity index (χ1n) is 36.2. The fraction of sp³-hybridized carbons (Fsp3) is 0.904. The van der Waals surface area contributed by atoms with Gasteiger partial charge in [0.15, 0.2) is 6.29 Å². The number of ether oxygens (including phenoxy) is 2. The molecule has 9 nitrogen and oxygen atoms in total. The SMILES string of the molecule is CCCCCCCCCCCCCCCCC/C=C\C/C=C\CCCCCCCCCCCCCCCCCCCC(=O)NC(COC1OC(CO)C(O)C(O)C1O)C(O)/C=C/CCCCCCCCCCCCCCCCCCCC. The zero-order valence-corrected chi connectivity index (χ0v) is 54.3. The van der Waals surface area contributed by atoms with Crippen molar-refractivity contribution in [3.63, 3.8) is 0 Å². The fourth-order valence-corrected chi connectivity index (χ4v) is 11.8. The van der Waals surface area contributed by atoms with Crippen molar-refractivity contribution in [1.29, 1.82) is 0 Å². The molecule has 1 aliphatic rings. The molecular weight excluding hydrogens is 1020 g/mol. The van der Waals surface area contributed by atoms with Gasteiger partial charge in [0, 0.05) is 6.42 Å². The molecule has 1 rings (SSSR count). The molecule has 0 spiro atoms. The molecule has 1 aliphatic heterocycles. The number of hydrogen-bond donors (Lipinski definition) is 6. The molecule has 1 heterocycles. The van der Waals surface area contributed by atoms with Gasteiger partial charge in [-0.25, -0.2) is 0 Å². The zero-order valence-electron chi connectivity index (χ0n) is 54.3. The summed E-state index contributed by atoms with van der Waals surface area (Å²) in [5.41, 5.74) is 0. The second-order valence-corrected chi connectivity index (χ2v) is 25.4. The van der Waals surface area contributed by atoms with Crippen molar-refractivity contribution in [3.05, 3.63) is 36.5 Å². The molecule has 82 heavy (non-hydrogen) atoms. The van der Waals surface area contributed by atoms with E-state index in [4.69, 9.17) is 9.47 Å². The highest BCUT2D eigenvalue weighted by Gasteiger charge is 2.44. The highest BCUT2D eigenvalue weighted by Crippen LogP contribution is 2.24. The van der Waals surface area contributed by atoms with Crippen LogP contribution in [0.1, 0.15) is 367 Å². The van der Waals surface area contributed by atoms with Gasteiger partial charge in [0.1, 0.15) is 24.4 Å². The number of carbonyl (C=O) groups excluding carboxylic acids is 1. The molecule has 7 unspecified atom stereocenters. The molecular formula is C73H139NO8. The first kappa shape index (κ1) is 78.4. The lowest BCUT2D eigenvalue weighted by Crippen LogP contribution is -2.60. The summed E-state index contributed by atoms with van der Waals surface area (Å²) in [5, 5.41) is 54.7. The highest BCUT2D eigenvalue weighted by molar-refractivity contribution is 5.76. The molecule has 7 atom stereocenters. The van der Waals surface area contributed by atoms with E-state index in [1.54, 1.807) is 6.08 Å². The topological polar surface area (TPSA) is 149 Å². The zero-order chi connectivity index (χ0) is 59.3. The Morgan fingerprint density at radius 1 is 0.415 bits per heavy atom. The van der Waals surface area contributed by atoms with Crippen LogP contribution in [0.3, 0.4) is 0 Å². The number of unbranched alkanes of at least 4 members (excludes halogenated alkanes) is 50. The van der Waals surface area contributed by atoms with Crippen LogP contribution < -0.4 is 5.32 Å². The summed E-state index contributed by atoms with van der Waals surface area (Å²) >= 11 is 0. The van der Waals surface area contributed by atoms with Gasteiger partial charge in [-0.1, -0.05) is 346 Å². The Bertz CT molecular complexity index is 1390. The summed E-state index contributed by atoms with van der Waals surface area (Å²) in [4.78, 5) is 13.1. The Balaban J connectivity index is 2.06. The smallest absolute Gasteiger partial charge is 0.220 e. The van der Waals surface area contributed by atoms with Crippen molar-refractivity contribution in [2.75, 3.05) is 13.2 Å². The molecule has 0 aromatic heterocycles. The van der Waals surface area contributed by atoms with E-state index < -0.39 is 49.5 Å². The third-order valence-corrected chi connectivity index (χ3v) is 17.5. The van der Waals surface area contributed by atoms with Gasteiger partial charge in [0.05, 0.1) is 25.4 Å². The molecule has 9 heteroatoms. The van der Waals surface area contributed by atoms with E-state index >= 15 is 0 Å². The Morgan fingerprint density at radius 3 is 1.05 bits per heavy atom. The predicted molar refractivity (Wildman–Crippen MR) is 350 cm³/mol. The molecule has 1 fully saturated rings. The second kappa shape index (κ2) is 62.5. The van der Waals surface area contributed by atoms with E-state index in [0.717, 1.165) is 44.9 Å². The van der Waals surface area contributed by atoms with Crippen LogP contribution in [-0.4, -0.2) is 87.5 Å². The second-order valence-electron chi connectivity index (χ2n) is 25.4. The third-order valence-electron chi connectivity index (χ3n) is 17.5. The lowest BCUT2D eigenvalue weighted by Gasteiger charge is -2.40. The Labute approximate surface area is 508 Å². The lowest BCUT2D eigenvalue weighted by atomic mass is 9.99. The summed E-state index contributed by atoms with van der Waals surface area (Å²) in [7, 11) is 0. The monoisotopic (exact) mass is 1160 g/mol. The molecule has 484 valence electrons. The van der Waals surface area contributed by atoms with E-state index in [2.05, 4.69) is 43.5 Å². The maximum Gasteiger partial charge on any atom is 0.220 e. The van der Waals surface area contributed by atoms with Crippen molar-refractivity contribution in [1.82, 2.24) is 5.32 Å². The van der Waals surface area contributed by atoms with Crippen LogP contribution in [0.15, 0.2) is 36.5 Å². The molecule has 0 aromatic rings. The van der Waals surface area contributed by atoms with Crippen LogP contribution in [0.25, 0.3) is 0 Å². The third kappa shape index (κ3) is 50.6. The molecule has 1 saturated heterocycles. The van der Waals surface area contributed by atoms with Gasteiger partial charge in [0.2, 0.25) is 5.91 Å². The molecule has 0 saturated carbocycles. The quantitative estimate of drug-likeness (QED) is 0.0261. The number of amides is 1. The highest BCUT2D eigenvalue weighted by atomic mass is 16.7. The summed E-state index contributed by atoms with van der Waals surface area (Å²) in [6.07, 6.45) is 77.0. The largest absolute Gasteiger partial charge is 0.394 e. The van der Waals surface area contributed by atoms with Crippen LogP contribution in [0.5, 0.6) is 0 Å². The van der Waals surface area contributed by atoms with Gasteiger partial charge in [-0.3, -0.25) is 4.79 Å². The van der Waals surface area contributed by atoms with Crippen LogP contribution in [-0.2, 0) is 14.3 Å². The Morgan fingerprint density at radius 2 is 0.720 bits per heavy atom. The number of allylic oxidation sites excluding steroid dienone is 5. The minimum atomic E-state index is -1.57. The fourth-order valence-electron chi connectivity index (χ4n) is 11.8. The Hall–Kier alpha value is -1.59. The number of nitrogens with one attached hydrogen (secondary N) is 1. The van der Waals surface area contributed by atoms with Crippen LogP contribution in [0.4, 0.5) is 0 Å². The summed E-state index contributed by atoms with van der Waals surface area (Å²) < 4.78 is 11.3. The number of aliphatic hydroxyl groups excluding tert-OH is 5. The van der Waals surface area contributed by atoms with Crippen LogP contribution >= 0.6 is 0 Å². The first-order valence-corrected chi connectivity index (χ1v) is 36.2. The van der Waals surface area contributed by atoms with Crippen molar-refractivity contribution >= 4 is 5.91 Å². The molecule has 0 radical (unpaired) electrons. The molecule has 0 aliphatic carbocycles. The van der Waals surface area contributed by atoms with Gasteiger partial charge >= 0.3 is 0 Å². The lowest BCUT2D eigenvalue weighted by molar-refractivity contribution is -0.302. The minimum absolute atomic E-state index is 0.171. The van der Waals surface area contributed by atoms with Gasteiger partial charge in [-0.05, 0) is 51.4 Å². The average Bonchev–Trinajstić information content (AvgIpc) is 3.52. The molecule has 1 amide bonds. The van der Waals surface area contributed by atoms with E-state index in [-0.39, 0.29) is 12.5 Å². The van der Waals surface area contributed by atoms with E-state index in [0.29, 0.717) is 6.42 Å². The van der Waals surface area contributed by atoms with Crippen molar-refractivity contribution < 1.29 is 39.8 Å². The van der Waals surface area contributed by atoms with Gasteiger partial charge in [-0.15, -0.1) is 0 Å². The van der Waals surface area contributed by atoms with Crippen LogP contribution in [0, 0.1) is 0 Å². The first-order chi connectivity index (χ1) is 40.3. The van der Waals surface area contributed by atoms with Crippen LogP contribution in [0.2, 0.25) is 0 Å². The number of rotatable bonds is 64. The standard InChI is InChI=1S/C73H139NO8/c1-3-5-7-9-11-13-15-17-19-21-23-25-26-27-28-29-30-31-32-33-34-35-36-37-38-39-40-41-42-43-45-47-49-51-53-55-57-59-61-63-69(77)74-66(65-81-73-72(80)71(79)70(78)68(64-75)82-73)67(76)62-60-58-56-54-52-50-48-46-44-24-22-20-18-16-14-12-10-8-6-4-2/h30-31,33-34,60,62,66-68,70-73,75-76,78-80H,3-29,32,35-59,61,63-65H2,1-2H3,(H,74,77)/b31-30-,34-33-,62-60+. The maximum absolute atomic E-state index is 13.1. The van der Waals surface area contributed by atoms with E-state index in [1.165, 1.54) is 302 Å². The summed E-state index contributed by atoms with van der Waals surface area (Å²) in [6, 6.07) is -0.805. The van der Waals surface area contributed by atoms with Gasteiger partial charge in [-0.2, -0.15) is 0 Å². The molecule has 6 N–H and O–H groups in total. The molecule has 0 bridgehead atoms. The Kier molecular flexibility index (Phi) is 59.7. The number of aliphatic hydroxyl groups is 5. The summed E-state index contributed by atoms with van der Waals surface area (Å²) in [5.74, 6) is -0.171. The van der Waals surface area contributed by atoms with Gasteiger partial charge < -0.3 is 40.3 Å². The number of hydrogen-bond acceptors (Lipinski definition) is 8. The van der Waals surface area contributed by atoms with E-state index in [1.807, 2.05) is 6.08 Å². The van der Waals surface area contributed by atoms with Gasteiger partial charge in [0.25, 0.3) is 0 Å². The molecule has 0 aromatic carbocycles. The van der Waals surface area contributed by atoms with Crippen molar-refractivity contribution in [2.45, 2.75) is 410 Å². The van der Waals surface area contributed by atoms with Crippen molar-refractivity contribution in [3.8, 4) is 0 Å². The summed E-state index contributed by atoms with van der Waals surface area (Å²) in [6.45, 7) is 3.83.